The smallest absolute Gasteiger partial charge is 0.195 e. The van der Waals surface area contributed by atoms with E-state index < -0.39 is 0 Å². The standard InChI is InChI=1S/C20H15N3OS/c1-14-13-25-20(23-14)16(11-21)12-22-18-10-6-5-9-17(18)19(24)15-7-3-2-4-8-15/h2-10,12-13,22H,1H3/b16-12+. The van der Waals surface area contributed by atoms with E-state index >= 15 is 0 Å². The number of nitriles is 1. The van der Waals surface area contributed by atoms with E-state index in [0.29, 0.717) is 27.4 Å². The molecule has 2 aromatic carbocycles. The lowest BCUT2D eigenvalue weighted by Crippen LogP contribution is -2.05. The molecule has 0 aliphatic heterocycles. The second-order valence-electron chi connectivity index (χ2n) is 5.35. The molecule has 1 N–H and O–H groups in total. The van der Waals surface area contributed by atoms with Crippen LogP contribution < -0.4 is 5.32 Å². The molecule has 1 heterocycles. The van der Waals surface area contributed by atoms with Gasteiger partial charge in [-0.1, -0.05) is 42.5 Å². The fourth-order valence-electron chi connectivity index (χ4n) is 2.32. The average Bonchev–Trinajstić information content (AvgIpc) is 3.09. The number of nitrogens with one attached hydrogen (secondary N) is 1. The molecule has 0 aliphatic carbocycles. The Bertz CT molecular complexity index is 968. The molecule has 0 fully saturated rings. The highest BCUT2D eigenvalue weighted by Gasteiger charge is 2.13. The van der Waals surface area contributed by atoms with Crippen molar-refractivity contribution in [1.29, 1.82) is 5.26 Å². The van der Waals surface area contributed by atoms with Gasteiger partial charge in [0, 0.05) is 34.1 Å². The normalized spacial score (nSPS) is 11.0. The number of hydrogen-bond acceptors (Lipinski definition) is 5. The van der Waals surface area contributed by atoms with Crippen molar-refractivity contribution < 1.29 is 4.79 Å². The van der Waals surface area contributed by atoms with Gasteiger partial charge >= 0.3 is 0 Å². The topological polar surface area (TPSA) is 65.8 Å². The van der Waals surface area contributed by atoms with Crippen molar-refractivity contribution in [2.45, 2.75) is 6.92 Å². The fourth-order valence-corrected chi connectivity index (χ4v) is 3.08. The number of carbonyl (C=O) groups excluding carboxylic acids is 1. The number of thiazole rings is 1. The van der Waals surface area contributed by atoms with Crippen LogP contribution in [-0.4, -0.2) is 10.8 Å². The van der Waals surface area contributed by atoms with Crippen LogP contribution in [0.15, 0.2) is 66.2 Å². The number of anilines is 1. The highest BCUT2D eigenvalue weighted by atomic mass is 32.1. The molecule has 1 aromatic heterocycles. The number of hydrogen-bond donors (Lipinski definition) is 1. The minimum atomic E-state index is -0.0688. The summed E-state index contributed by atoms with van der Waals surface area (Å²) in [6, 6.07) is 18.5. The van der Waals surface area contributed by atoms with Gasteiger partial charge in [0.1, 0.15) is 16.6 Å². The first-order valence-corrected chi connectivity index (χ1v) is 8.55. The molecule has 4 nitrogen and oxygen atoms in total. The number of para-hydroxylation sites is 1. The third-order valence-electron chi connectivity index (χ3n) is 3.55. The first kappa shape index (κ1) is 16.6. The quantitative estimate of drug-likeness (QED) is 0.539. The van der Waals surface area contributed by atoms with Crippen LogP contribution in [0.1, 0.15) is 26.6 Å². The molecule has 122 valence electrons. The van der Waals surface area contributed by atoms with Gasteiger partial charge in [0.15, 0.2) is 5.78 Å². The molecule has 0 unspecified atom stereocenters. The van der Waals surface area contributed by atoms with Crippen LogP contribution in [0.5, 0.6) is 0 Å². The van der Waals surface area contributed by atoms with Crippen LogP contribution in [0.25, 0.3) is 5.57 Å². The van der Waals surface area contributed by atoms with Crippen LogP contribution in [0.2, 0.25) is 0 Å². The van der Waals surface area contributed by atoms with Crippen molar-refractivity contribution >= 4 is 28.4 Å². The summed E-state index contributed by atoms with van der Waals surface area (Å²) in [5, 5.41) is 15.0. The minimum Gasteiger partial charge on any atom is -0.360 e. The minimum absolute atomic E-state index is 0.0688. The van der Waals surface area contributed by atoms with E-state index in [0.717, 1.165) is 5.69 Å². The Hall–Kier alpha value is -3.23. The summed E-state index contributed by atoms with van der Waals surface area (Å²) in [4.78, 5) is 17.0. The molecule has 0 radical (unpaired) electrons. The van der Waals surface area contributed by atoms with E-state index in [2.05, 4.69) is 16.4 Å². The van der Waals surface area contributed by atoms with E-state index in [1.165, 1.54) is 11.3 Å². The molecule has 25 heavy (non-hydrogen) atoms. The van der Waals surface area contributed by atoms with Crippen molar-refractivity contribution in [3.63, 3.8) is 0 Å². The lowest BCUT2D eigenvalue weighted by Gasteiger charge is -2.09. The number of rotatable bonds is 5. The second-order valence-corrected chi connectivity index (χ2v) is 6.21. The van der Waals surface area contributed by atoms with E-state index in [9.17, 15) is 10.1 Å². The van der Waals surface area contributed by atoms with Gasteiger partial charge in [0.05, 0.1) is 0 Å². The number of benzene rings is 2. The van der Waals surface area contributed by atoms with Gasteiger partial charge in [-0.15, -0.1) is 11.3 Å². The van der Waals surface area contributed by atoms with Crippen LogP contribution in [0.4, 0.5) is 5.69 Å². The Morgan fingerprint density at radius 2 is 1.88 bits per heavy atom. The van der Waals surface area contributed by atoms with Crippen molar-refractivity contribution in [2.75, 3.05) is 5.32 Å². The van der Waals surface area contributed by atoms with Gasteiger partial charge in [-0.25, -0.2) is 4.98 Å². The number of carbonyl (C=O) groups is 1. The average molecular weight is 345 g/mol. The maximum absolute atomic E-state index is 12.7. The third kappa shape index (κ3) is 3.82. The van der Waals surface area contributed by atoms with Crippen LogP contribution in [-0.2, 0) is 0 Å². The van der Waals surface area contributed by atoms with E-state index in [1.54, 1.807) is 24.4 Å². The maximum Gasteiger partial charge on any atom is 0.195 e. The second kappa shape index (κ2) is 7.56. The fraction of sp³-hybridized carbons (Fsp3) is 0.0500. The van der Waals surface area contributed by atoms with Gasteiger partial charge in [0.2, 0.25) is 0 Å². The van der Waals surface area contributed by atoms with Gasteiger partial charge in [-0.2, -0.15) is 5.26 Å². The lowest BCUT2D eigenvalue weighted by molar-refractivity contribution is 0.103. The molecule has 0 spiro atoms. The number of allylic oxidation sites excluding steroid dienone is 1. The molecule has 3 rings (SSSR count). The molecule has 0 aliphatic rings. The number of aromatic nitrogens is 1. The zero-order chi connectivity index (χ0) is 17.6. The Kier molecular flexibility index (Phi) is 5.03. The SMILES string of the molecule is Cc1csc(/C(C#N)=C/Nc2ccccc2C(=O)c2ccccc2)n1. The molecule has 0 bridgehead atoms. The molecule has 0 saturated carbocycles. The van der Waals surface area contributed by atoms with Gasteiger partial charge in [-0.05, 0) is 19.1 Å². The first-order valence-electron chi connectivity index (χ1n) is 7.67. The summed E-state index contributed by atoms with van der Waals surface area (Å²) in [7, 11) is 0. The molecule has 0 saturated heterocycles. The first-order chi connectivity index (χ1) is 12.2. The van der Waals surface area contributed by atoms with Crippen molar-refractivity contribution in [2.24, 2.45) is 0 Å². The van der Waals surface area contributed by atoms with Crippen molar-refractivity contribution in [3.8, 4) is 6.07 Å². The Morgan fingerprint density at radius 3 is 2.56 bits per heavy atom. The predicted octanol–water partition coefficient (Wildman–Crippen LogP) is 4.66. The van der Waals surface area contributed by atoms with Gasteiger partial charge in [0.25, 0.3) is 0 Å². The molecular weight excluding hydrogens is 330 g/mol. The van der Waals surface area contributed by atoms with Gasteiger partial charge < -0.3 is 5.32 Å². The number of ketones is 1. The molecular formula is C20H15N3OS. The maximum atomic E-state index is 12.7. The highest BCUT2D eigenvalue weighted by molar-refractivity contribution is 7.10. The van der Waals surface area contributed by atoms with E-state index in [4.69, 9.17) is 0 Å². The van der Waals surface area contributed by atoms with Crippen molar-refractivity contribution in [1.82, 2.24) is 4.98 Å². The van der Waals surface area contributed by atoms with E-state index in [1.807, 2.05) is 48.7 Å². The predicted molar refractivity (Wildman–Crippen MR) is 100 cm³/mol. The zero-order valence-electron chi connectivity index (χ0n) is 13.6. The Labute approximate surface area is 150 Å². The number of aryl methyl sites for hydroxylation is 1. The molecule has 0 amide bonds. The summed E-state index contributed by atoms with van der Waals surface area (Å²) in [6.45, 7) is 1.89. The Balaban J connectivity index is 1.90. The van der Waals surface area contributed by atoms with Crippen LogP contribution in [0, 0.1) is 18.3 Å². The summed E-state index contributed by atoms with van der Waals surface area (Å²) < 4.78 is 0. The Morgan fingerprint density at radius 1 is 1.16 bits per heavy atom. The number of nitrogens with zero attached hydrogens (tertiary/aromatic N) is 2. The zero-order valence-corrected chi connectivity index (χ0v) is 14.4. The van der Waals surface area contributed by atoms with Crippen molar-refractivity contribution in [3.05, 3.63) is 88.0 Å². The van der Waals surface area contributed by atoms with Crippen LogP contribution in [0.3, 0.4) is 0 Å². The van der Waals surface area contributed by atoms with Gasteiger partial charge in [-0.3, -0.25) is 4.79 Å². The largest absolute Gasteiger partial charge is 0.360 e. The highest BCUT2D eigenvalue weighted by Crippen LogP contribution is 2.22. The summed E-state index contributed by atoms with van der Waals surface area (Å²) in [5.74, 6) is -0.0688. The molecule has 5 heteroatoms. The van der Waals surface area contributed by atoms with E-state index in [-0.39, 0.29) is 5.78 Å². The van der Waals surface area contributed by atoms with Crippen LogP contribution >= 0.6 is 11.3 Å². The molecule has 0 atom stereocenters. The summed E-state index contributed by atoms with van der Waals surface area (Å²) >= 11 is 1.42. The molecule has 3 aromatic rings. The lowest BCUT2D eigenvalue weighted by atomic mass is 10.0. The summed E-state index contributed by atoms with van der Waals surface area (Å²) in [6.07, 6.45) is 1.59. The summed E-state index contributed by atoms with van der Waals surface area (Å²) in [5.41, 5.74) is 3.13. The monoisotopic (exact) mass is 345 g/mol. The third-order valence-corrected chi connectivity index (χ3v) is 4.54.